The number of nitrogens with one attached hydrogen (secondary N) is 1. The molecule has 1 aromatic rings. The maximum absolute atomic E-state index is 11.9. The first-order valence-corrected chi connectivity index (χ1v) is 6.21. The van der Waals surface area contributed by atoms with Crippen LogP contribution in [0.2, 0.25) is 0 Å². The van der Waals surface area contributed by atoms with Crippen molar-refractivity contribution in [3.8, 4) is 5.88 Å². The van der Waals surface area contributed by atoms with Gasteiger partial charge in [-0.15, -0.1) is 0 Å². The summed E-state index contributed by atoms with van der Waals surface area (Å²) in [6, 6.07) is 3.18. The number of hydrogen-bond acceptors (Lipinski definition) is 4. The number of carbonyl (C=O) groups excluding carboxylic acids is 2. The van der Waals surface area contributed by atoms with Crippen molar-refractivity contribution in [2.45, 2.75) is 25.9 Å². The van der Waals surface area contributed by atoms with Crippen LogP contribution >= 0.6 is 0 Å². The Morgan fingerprint density at radius 3 is 3.00 bits per heavy atom. The SMILES string of the molecule is CCC1C(=O)NCC(=O)N1Cc1ccnc(OC)c1. The second-order valence-electron chi connectivity index (χ2n) is 4.37. The molecule has 19 heavy (non-hydrogen) atoms. The number of carbonyl (C=O) groups is 2. The summed E-state index contributed by atoms with van der Waals surface area (Å²) in [4.78, 5) is 29.3. The molecule has 102 valence electrons. The molecule has 1 aromatic heterocycles. The number of ether oxygens (including phenoxy) is 1. The Morgan fingerprint density at radius 2 is 2.32 bits per heavy atom. The Balaban J connectivity index is 2.18. The number of rotatable bonds is 4. The summed E-state index contributed by atoms with van der Waals surface area (Å²) in [6.45, 7) is 2.35. The molecule has 6 heteroatoms. The Bertz CT molecular complexity index is 490. The van der Waals surface area contributed by atoms with Gasteiger partial charge in [0.1, 0.15) is 6.04 Å². The molecular weight excluding hydrogens is 246 g/mol. The molecule has 1 aliphatic rings. The normalized spacial score (nSPS) is 19.3. The number of hydrogen-bond donors (Lipinski definition) is 1. The predicted octanol–water partition coefficient (Wildman–Crippen LogP) is 0.327. The van der Waals surface area contributed by atoms with Gasteiger partial charge in [0, 0.05) is 18.8 Å². The lowest BCUT2D eigenvalue weighted by Gasteiger charge is -2.34. The first-order valence-electron chi connectivity index (χ1n) is 6.21. The minimum Gasteiger partial charge on any atom is -0.481 e. The Hall–Kier alpha value is -2.11. The zero-order chi connectivity index (χ0) is 13.8. The van der Waals surface area contributed by atoms with Crippen molar-refractivity contribution in [3.05, 3.63) is 23.9 Å². The fourth-order valence-corrected chi connectivity index (χ4v) is 2.16. The molecule has 0 saturated carbocycles. The van der Waals surface area contributed by atoms with Gasteiger partial charge in [0.05, 0.1) is 13.7 Å². The maximum Gasteiger partial charge on any atom is 0.243 e. The molecule has 0 aliphatic carbocycles. The van der Waals surface area contributed by atoms with Crippen molar-refractivity contribution in [2.24, 2.45) is 0 Å². The summed E-state index contributed by atoms with van der Waals surface area (Å²) in [7, 11) is 1.54. The van der Waals surface area contributed by atoms with Crippen molar-refractivity contribution >= 4 is 11.8 Å². The van der Waals surface area contributed by atoms with E-state index in [1.807, 2.05) is 13.0 Å². The van der Waals surface area contributed by atoms with E-state index in [2.05, 4.69) is 10.3 Å². The third kappa shape index (κ3) is 2.83. The molecule has 0 bridgehead atoms. The molecule has 1 aliphatic heterocycles. The maximum atomic E-state index is 11.9. The average Bonchev–Trinajstić information content (AvgIpc) is 2.43. The monoisotopic (exact) mass is 263 g/mol. The third-order valence-electron chi connectivity index (χ3n) is 3.16. The zero-order valence-corrected chi connectivity index (χ0v) is 11.0. The summed E-state index contributed by atoms with van der Waals surface area (Å²) in [6.07, 6.45) is 2.23. The van der Waals surface area contributed by atoms with E-state index >= 15 is 0 Å². The molecule has 1 N–H and O–H groups in total. The summed E-state index contributed by atoms with van der Waals surface area (Å²) in [5, 5.41) is 2.60. The van der Waals surface area contributed by atoms with E-state index in [1.165, 1.54) is 0 Å². The van der Waals surface area contributed by atoms with Crippen LogP contribution in [-0.4, -0.2) is 41.4 Å². The molecule has 0 radical (unpaired) electrons. The molecule has 2 amide bonds. The smallest absolute Gasteiger partial charge is 0.243 e. The Morgan fingerprint density at radius 1 is 1.53 bits per heavy atom. The molecule has 1 atom stereocenters. The highest BCUT2D eigenvalue weighted by Gasteiger charge is 2.32. The molecule has 2 rings (SSSR count). The van der Waals surface area contributed by atoms with Crippen molar-refractivity contribution < 1.29 is 14.3 Å². The number of piperazine rings is 1. The number of methoxy groups -OCH3 is 1. The van der Waals surface area contributed by atoms with Crippen LogP contribution in [0.25, 0.3) is 0 Å². The number of aromatic nitrogens is 1. The standard InChI is InChI=1S/C13H17N3O3/c1-3-10-13(18)15-7-12(17)16(10)8-9-4-5-14-11(6-9)19-2/h4-6,10H,3,7-8H2,1-2H3,(H,15,18). The van der Waals surface area contributed by atoms with Gasteiger partial charge in [-0.1, -0.05) is 6.92 Å². The fraction of sp³-hybridized carbons (Fsp3) is 0.462. The van der Waals surface area contributed by atoms with Crippen LogP contribution in [0.3, 0.4) is 0 Å². The molecule has 0 aromatic carbocycles. The van der Waals surface area contributed by atoms with Gasteiger partial charge in [-0.2, -0.15) is 0 Å². The Kier molecular flexibility index (Phi) is 3.99. The van der Waals surface area contributed by atoms with Crippen LogP contribution < -0.4 is 10.1 Å². The quantitative estimate of drug-likeness (QED) is 0.849. The number of amides is 2. The molecular formula is C13H17N3O3. The summed E-state index contributed by atoms with van der Waals surface area (Å²) >= 11 is 0. The van der Waals surface area contributed by atoms with Crippen LogP contribution in [0.4, 0.5) is 0 Å². The fourth-order valence-electron chi connectivity index (χ4n) is 2.16. The molecule has 6 nitrogen and oxygen atoms in total. The Labute approximate surface area is 111 Å². The second-order valence-corrected chi connectivity index (χ2v) is 4.37. The van der Waals surface area contributed by atoms with E-state index in [4.69, 9.17) is 4.74 Å². The van der Waals surface area contributed by atoms with Gasteiger partial charge in [-0.3, -0.25) is 9.59 Å². The summed E-state index contributed by atoms with van der Waals surface area (Å²) in [5.41, 5.74) is 0.897. The van der Waals surface area contributed by atoms with E-state index in [-0.39, 0.29) is 18.4 Å². The lowest BCUT2D eigenvalue weighted by molar-refractivity contribution is -0.146. The molecule has 1 fully saturated rings. The summed E-state index contributed by atoms with van der Waals surface area (Å²) in [5.74, 6) is 0.338. The largest absolute Gasteiger partial charge is 0.481 e. The van der Waals surface area contributed by atoms with E-state index in [0.717, 1.165) is 5.56 Å². The van der Waals surface area contributed by atoms with Gasteiger partial charge in [-0.25, -0.2) is 4.98 Å². The topological polar surface area (TPSA) is 71.5 Å². The van der Waals surface area contributed by atoms with Crippen molar-refractivity contribution in [2.75, 3.05) is 13.7 Å². The van der Waals surface area contributed by atoms with E-state index in [1.54, 1.807) is 24.3 Å². The average molecular weight is 263 g/mol. The van der Waals surface area contributed by atoms with Crippen molar-refractivity contribution in [3.63, 3.8) is 0 Å². The van der Waals surface area contributed by atoms with Crippen LogP contribution in [-0.2, 0) is 16.1 Å². The molecule has 1 saturated heterocycles. The van der Waals surface area contributed by atoms with E-state index < -0.39 is 6.04 Å². The highest BCUT2D eigenvalue weighted by atomic mass is 16.5. The lowest BCUT2D eigenvalue weighted by Crippen LogP contribution is -2.57. The second kappa shape index (κ2) is 5.69. The highest BCUT2D eigenvalue weighted by Crippen LogP contribution is 2.16. The minimum absolute atomic E-state index is 0.0670. The first kappa shape index (κ1) is 13.3. The first-order chi connectivity index (χ1) is 9.15. The zero-order valence-electron chi connectivity index (χ0n) is 11.0. The molecule has 0 spiro atoms. The number of pyridine rings is 1. The van der Waals surface area contributed by atoms with Crippen molar-refractivity contribution in [1.29, 1.82) is 0 Å². The van der Waals surface area contributed by atoms with Crippen molar-refractivity contribution in [1.82, 2.24) is 15.2 Å². The highest BCUT2D eigenvalue weighted by molar-refractivity contribution is 5.94. The minimum atomic E-state index is -0.402. The van der Waals surface area contributed by atoms with Crippen LogP contribution in [0.15, 0.2) is 18.3 Å². The third-order valence-corrected chi connectivity index (χ3v) is 3.16. The predicted molar refractivity (Wildman–Crippen MR) is 68.4 cm³/mol. The van der Waals surface area contributed by atoms with Gasteiger partial charge >= 0.3 is 0 Å². The van der Waals surface area contributed by atoms with Gasteiger partial charge in [0.15, 0.2) is 0 Å². The van der Waals surface area contributed by atoms with Gasteiger partial charge in [0.2, 0.25) is 17.7 Å². The van der Waals surface area contributed by atoms with Crippen LogP contribution in [0.5, 0.6) is 5.88 Å². The summed E-state index contributed by atoms with van der Waals surface area (Å²) < 4.78 is 5.05. The van der Waals surface area contributed by atoms with Crippen LogP contribution in [0, 0.1) is 0 Å². The number of nitrogens with zero attached hydrogens (tertiary/aromatic N) is 2. The van der Waals surface area contributed by atoms with Gasteiger partial charge in [0.25, 0.3) is 0 Å². The van der Waals surface area contributed by atoms with Gasteiger partial charge < -0.3 is 15.0 Å². The molecule has 1 unspecified atom stereocenters. The van der Waals surface area contributed by atoms with E-state index in [9.17, 15) is 9.59 Å². The van der Waals surface area contributed by atoms with Crippen LogP contribution in [0.1, 0.15) is 18.9 Å². The van der Waals surface area contributed by atoms with Gasteiger partial charge in [-0.05, 0) is 18.1 Å². The van der Waals surface area contributed by atoms with E-state index in [0.29, 0.717) is 18.8 Å². The lowest BCUT2D eigenvalue weighted by atomic mass is 10.1. The molecule has 2 heterocycles.